The molecule has 0 saturated carbocycles. The molecule has 1 fully saturated rings. The largest absolute Gasteiger partial charge is 0.387 e. The molecule has 1 aromatic carbocycles. The Labute approximate surface area is 190 Å². The van der Waals surface area contributed by atoms with Gasteiger partial charge in [0.25, 0.3) is 10.2 Å². The standard InChI is InChI=1S/C20H25N7O5S/c1-20(29)16(28)14(8-25-33(21,30)31)32-19(20)27-10-24-15-17(22-9-23-18(15)27)26-13-7-6-11-4-2-3-5-12(11)13/h2-5,9-10,13-14,16,19,25,28-29H,6-8H2,1H3,(H2,21,30,31)(H,22,23,26)/t13?,14?,16-,19-,20-/m1/s1. The van der Waals surface area contributed by atoms with Crippen molar-refractivity contribution in [3.63, 3.8) is 0 Å². The lowest BCUT2D eigenvalue weighted by atomic mass is 9.96. The number of anilines is 1. The number of aliphatic hydroxyl groups excluding tert-OH is 1. The Morgan fingerprint density at radius 3 is 2.88 bits per heavy atom. The molecule has 176 valence electrons. The zero-order valence-electron chi connectivity index (χ0n) is 17.8. The third-order valence-electron chi connectivity index (χ3n) is 6.30. The minimum absolute atomic E-state index is 0.0887. The summed E-state index contributed by atoms with van der Waals surface area (Å²) in [6, 6.07) is 8.34. The maximum Gasteiger partial charge on any atom is 0.274 e. The van der Waals surface area contributed by atoms with Crippen LogP contribution in [0.15, 0.2) is 36.9 Å². The molecular formula is C20H25N7O5S. The van der Waals surface area contributed by atoms with Gasteiger partial charge in [-0.15, -0.1) is 0 Å². The summed E-state index contributed by atoms with van der Waals surface area (Å²) in [7, 11) is -3.99. The van der Waals surface area contributed by atoms with E-state index in [1.54, 1.807) is 0 Å². The second-order valence-corrected chi connectivity index (χ2v) is 9.95. The first kappa shape index (κ1) is 22.1. The highest BCUT2D eigenvalue weighted by Gasteiger charge is 2.53. The Balaban J connectivity index is 1.43. The summed E-state index contributed by atoms with van der Waals surface area (Å²) in [6.45, 7) is 1.10. The van der Waals surface area contributed by atoms with Crippen LogP contribution in [0, 0.1) is 0 Å². The number of aliphatic hydroxyl groups is 2. The van der Waals surface area contributed by atoms with Crippen molar-refractivity contribution in [3.8, 4) is 0 Å². The van der Waals surface area contributed by atoms with E-state index in [2.05, 4.69) is 37.1 Å². The summed E-state index contributed by atoms with van der Waals surface area (Å²) in [5.41, 5.74) is 1.66. The van der Waals surface area contributed by atoms with E-state index in [1.165, 1.54) is 35.3 Å². The van der Waals surface area contributed by atoms with E-state index in [4.69, 9.17) is 9.88 Å². The average molecular weight is 476 g/mol. The molecule has 2 aliphatic rings. The van der Waals surface area contributed by atoms with Crippen LogP contribution in [0.2, 0.25) is 0 Å². The molecule has 6 N–H and O–H groups in total. The van der Waals surface area contributed by atoms with Crippen molar-refractivity contribution in [3.05, 3.63) is 48.0 Å². The number of hydrogen-bond acceptors (Lipinski definition) is 9. The molecule has 33 heavy (non-hydrogen) atoms. The van der Waals surface area contributed by atoms with Gasteiger partial charge in [0.05, 0.1) is 12.4 Å². The Morgan fingerprint density at radius 1 is 1.30 bits per heavy atom. The van der Waals surface area contributed by atoms with Gasteiger partial charge in [0.1, 0.15) is 24.1 Å². The van der Waals surface area contributed by atoms with Gasteiger partial charge in [-0.3, -0.25) is 4.57 Å². The average Bonchev–Trinajstić information content (AvgIpc) is 3.43. The molecule has 2 aromatic heterocycles. The molecule has 2 unspecified atom stereocenters. The molecule has 13 heteroatoms. The molecule has 5 rings (SSSR count). The lowest BCUT2D eigenvalue weighted by molar-refractivity contribution is -0.0938. The van der Waals surface area contributed by atoms with Crippen LogP contribution in [0.25, 0.3) is 11.2 Å². The number of rotatable bonds is 6. The molecule has 0 radical (unpaired) electrons. The molecule has 3 aromatic rings. The first-order valence-corrected chi connectivity index (χ1v) is 12.0. The summed E-state index contributed by atoms with van der Waals surface area (Å²) < 4.78 is 31.9. The first-order chi connectivity index (χ1) is 15.6. The molecule has 5 atom stereocenters. The van der Waals surface area contributed by atoms with Crippen molar-refractivity contribution in [1.29, 1.82) is 0 Å². The normalized spacial score (nSPS) is 29.5. The molecule has 0 bridgehead atoms. The molecule has 1 aliphatic heterocycles. The Kier molecular flexibility index (Phi) is 5.34. The zero-order valence-corrected chi connectivity index (χ0v) is 18.6. The molecule has 0 amide bonds. The lowest BCUT2D eigenvalue weighted by Crippen LogP contribution is -2.47. The van der Waals surface area contributed by atoms with Gasteiger partial charge in [0.2, 0.25) is 0 Å². The maximum atomic E-state index is 11.2. The number of fused-ring (bicyclic) bond motifs is 2. The number of aromatic nitrogens is 4. The van der Waals surface area contributed by atoms with E-state index in [0.717, 1.165) is 12.8 Å². The summed E-state index contributed by atoms with van der Waals surface area (Å²) in [5, 5.41) is 29.9. The monoisotopic (exact) mass is 475 g/mol. The van der Waals surface area contributed by atoms with Gasteiger partial charge < -0.3 is 20.3 Å². The van der Waals surface area contributed by atoms with Crippen molar-refractivity contribution in [2.45, 2.75) is 49.8 Å². The quantitative estimate of drug-likeness (QED) is 0.321. The Morgan fingerprint density at radius 2 is 2.09 bits per heavy atom. The number of imidazole rings is 1. The lowest BCUT2D eigenvalue weighted by Gasteiger charge is -2.27. The Bertz CT molecular complexity index is 1290. The minimum Gasteiger partial charge on any atom is -0.387 e. The number of benzene rings is 1. The van der Waals surface area contributed by atoms with Gasteiger partial charge in [0.15, 0.2) is 23.2 Å². The van der Waals surface area contributed by atoms with Crippen LogP contribution in [0.3, 0.4) is 0 Å². The molecule has 1 saturated heterocycles. The summed E-state index contributed by atoms with van der Waals surface area (Å²) in [5.74, 6) is 0.547. The SMILES string of the molecule is C[C@@]1(O)[C@H](O)C(CNS(N)(=O)=O)O[C@H]1n1cnc2c(NC3CCc4ccccc43)ncnc21. The third kappa shape index (κ3) is 3.96. The van der Waals surface area contributed by atoms with E-state index in [-0.39, 0.29) is 12.6 Å². The highest BCUT2D eigenvalue weighted by molar-refractivity contribution is 7.87. The highest BCUT2D eigenvalue weighted by atomic mass is 32.2. The van der Waals surface area contributed by atoms with Crippen LogP contribution in [0.4, 0.5) is 5.82 Å². The second kappa shape index (κ2) is 7.97. The number of nitrogens with zero attached hydrogens (tertiary/aromatic N) is 4. The molecular weight excluding hydrogens is 450 g/mol. The van der Waals surface area contributed by atoms with Crippen molar-refractivity contribution >= 4 is 27.2 Å². The van der Waals surface area contributed by atoms with Crippen LogP contribution < -0.4 is 15.2 Å². The van der Waals surface area contributed by atoms with Crippen LogP contribution in [-0.4, -0.2) is 62.5 Å². The van der Waals surface area contributed by atoms with Gasteiger partial charge >= 0.3 is 0 Å². The van der Waals surface area contributed by atoms with E-state index in [0.29, 0.717) is 17.0 Å². The highest BCUT2D eigenvalue weighted by Crippen LogP contribution is 2.40. The van der Waals surface area contributed by atoms with Gasteiger partial charge in [0, 0.05) is 6.54 Å². The van der Waals surface area contributed by atoms with Gasteiger partial charge in [-0.25, -0.2) is 20.1 Å². The number of ether oxygens (including phenoxy) is 1. The van der Waals surface area contributed by atoms with E-state index in [1.807, 2.05) is 12.1 Å². The number of aryl methyl sites for hydroxylation is 1. The van der Waals surface area contributed by atoms with E-state index < -0.39 is 34.2 Å². The summed E-state index contributed by atoms with van der Waals surface area (Å²) in [6.07, 6.45) is 1.26. The van der Waals surface area contributed by atoms with Crippen LogP contribution in [0.1, 0.15) is 36.7 Å². The second-order valence-electron chi connectivity index (χ2n) is 8.57. The zero-order chi connectivity index (χ0) is 23.4. The minimum atomic E-state index is -3.99. The number of nitrogens with two attached hydrogens (primary N) is 1. The van der Waals surface area contributed by atoms with Gasteiger partial charge in [-0.05, 0) is 30.9 Å². The van der Waals surface area contributed by atoms with Gasteiger partial charge in [-0.2, -0.15) is 13.1 Å². The number of hydrogen-bond donors (Lipinski definition) is 5. The topological polar surface area (TPSA) is 178 Å². The molecule has 0 spiro atoms. The van der Waals surface area contributed by atoms with E-state index in [9.17, 15) is 18.6 Å². The van der Waals surface area contributed by atoms with E-state index >= 15 is 0 Å². The van der Waals surface area contributed by atoms with Crippen LogP contribution in [-0.2, 0) is 21.4 Å². The van der Waals surface area contributed by atoms with Gasteiger partial charge in [-0.1, -0.05) is 24.3 Å². The predicted octanol–water partition coefficient (Wildman–Crippen LogP) is -0.272. The third-order valence-corrected chi connectivity index (χ3v) is 6.86. The predicted molar refractivity (Wildman–Crippen MR) is 118 cm³/mol. The van der Waals surface area contributed by atoms with Crippen LogP contribution >= 0.6 is 0 Å². The smallest absolute Gasteiger partial charge is 0.274 e. The first-order valence-electron chi connectivity index (χ1n) is 10.5. The van der Waals surface area contributed by atoms with Crippen molar-refractivity contribution < 1.29 is 23.4 Å². The summed E-state index contributed by atoms with van der Waals surface area (Å²) in [4.78, 5) is 13.1. The molecule has 1 aliphatic carbocycles. The van der Waals surface area contributed by atoms with Crippen molar-refractivity contribution in [1.82, 2.24) is 24.2 Å². The maximum absolute atomic E-state index is 11.2. The summed E-state index contributed by atoms with van der Waals surface area (Å²) >= 11 is 0. The molecule has 3 heterocycles. The van der Waals surface area contributed by atoms with Crippen molar-refractivity contribution in [2.75, 3.05) is 11.9 Å². The fraction of sp³-hybridized carbons (Fsp3) is 0.450. The van der Waals surface area contributed by atoms with Crippen molar-refractivity contribution in [2.24, 2.45) is 5.14 Å². The fourth-order valence-corrected chi connectivity index (χ4v) is 5.00. The fourth-order valence-electron chi connectivity index (χ4n) is 4.61. The Hall–Kier alpha value is -2.68. The molecule has 12 nitrogen and oxygen atoms in total. The number of nitrogens with one attached hydrogen (secondary N) is 2. The van der Waals surface area contributed by atoms with Crippen LogP contribution in [0.5, 0.6) is 0 Å².